The summed E-state index contributed by atoms with van der Waals surface area (Å²) >= 11 is 0. The first-order valence-electron chi connectivity index (χ1n) is 15.4. The number of aromatic carboxylic acids is 2. The van der Waals surface area contributed by atoms with Gasteiger partial charge in [0.1, 0.15) is 0 Å². The van der Waals surface area contributed by atoms with Crippen molar-refractivity contribution < 1.29 is 49.5 Å². The minimum atomic E-state index is -1.20. The fourth-order valence-corrected chi connectivity index (χ4v) is 6.10. The standard InChI is InChI=1S/2C21H18O3.Zn/c2*1-21(15-8-4-2-5-9-15,16-10-6-3-7-11-16)17-12-13-19(22)18(14-17)20(23)24;/h2*2-14,22H,1H3,(H,23,24);/q;;+2/p-2. The largest absolute Gasteiger partial charge is 2.00 e. The van der Waals surface area contributed by atoms with Crippen LogP contribution in [0.2, 0.25) is 0 Å². The van der Waals surface area contributed by atoms with Gasteiger partial charge >= 0.3 is 31.4 Å². The van der Waals surface area contributed by atoms with E-state index in [9.17, 15) is 30.0 Å². The van der Waals surface area contributed by atoms with Gasteiger partial charge in [-0.25, -0.2) is 9.59 Å². The molecule has 0 fully saturated rings. The molecule has 0 amide bonds. The summed E-state index contributed by atoms with van der Waals surface area (Å²) < 4.78 is 0. The average molecular weight is 700 g/mol. The molecular formula is C42H34O6Zn. The zero-order valence-electron chi connectivity index (χ0n) is 27.2. The molecule has 0 aliphatic carbocycles. The van der Waals surface area contributed by atoms with E-state index < -0.39 is 34.3 Å². The normalized spacial score (nSPS) is 11.0. The summed E-state index contributed by atoms with van der Waals surface area (Å²) in [5.74, 6) is -3.36. The van der Waals surface area contributed by atoms with Crippen molar-refractivity contribution in [2.24, 2.45) is 0 Å². The maximum atomic E-state index is 11.8. The van der Waals surface area contributed by atoms with Crippen molar-refractivity contribution in [2.45, 2.75) is 24.7 Å². The van der Waals surface area contributed by atoms with E-state index in [0.717, 1.165) is 33.4 Å². The fraction of sp³-hybridized carbons (Fsp3) is 0.0952. The Morgan fingerprint density at radius 2 is 0.673 bits per heavy atom. The summed E-state index contributed by atoms with van der Waals surface area (Å²) in [4.78, 5) is 22.7. The van der Waals surface area contributed by atoms with Gasteiger partial charge in [-0.05, 0) is 59.4 Å². The molecule has 0 aliphatic rings. The van der Waals surface area contributed by atoms with Gasteiger partial charge < -0.3 is 20.4 Å². The first-order chi connectivity index (χ1) is 23.1. The van der Waals surface area contributed by atoms with Crippen molar-refractivity contribution in [3.63, 3.8) is 0 Å². The van der Waals surface area contributed by atoms with E-state index in [4.69, 9.17) is 0 Å². The zero-order chi connectivity index (χ0) is 34.3. The maximum absolute atomic E-state index is 11.8. The molecule has 0 spiro atoms. The van der Waals surface area contributed by atoms with E-state index in [2.05, 4.69) is 0 Å². The first kappa shape index (κ1) is 36.3. The van der Waals surface area contributed by atoms with E-state index in [1.165, 1.54) is 24.3 Å². The van der Waals surface area contributed by atoms with Crippen molar-refractivity contribution in [2.75, 3.05) is 0 Å². The van der Waals surface area contributed by atoms with Crippen LogP contribution in [-0.2, 0) is 30.3 Å². The van der Waals surface area contributed by atoms with Crippen molar-refractivity contribution >= 4 is 11.9 Å². The minimum absolute atomic E-state index is 0. The Labute approximate surface area is 298 Å². The van der Waals surface area contributed by atoms with Gasteiger partial charge in [-0.3, -0.25) is 0 Å². The van der Waals surface area contributed by atoms with Gasteiger partial charge in [-0.2, -0.15) is 0 Å². The van der Waals surface area contributed by atoms with Crippen molar-refractivity contribution in [1.82, 2.24) is 0 Å². The van der Waals surface area contributed by atoms with Crippen LogP contribution in [0.15, 0.2) is 158 Å². The second kappa shape index (κ2) is 15.6. The molecule has 0 unspecified atom stereocenters. The Bertz CT molecular complexity index is 1790. The smallest absolute Gasteiger partial charge is 0.872 e. The first-order valence-corrected chi connectivity index (χ1v) is 15.4. The fourth-order valence-electron chi connectivity index (χ4n) is 6.10. The van der Waals surface area contributed by atoms with Gasteiger partial charge in [-0.15, -0.1) is 0 Å². The quantitative estimate of drug-likeness (QED) is 0.125. The van der Waals surface area contributed by atoms with Gasteiger partial charge in [0.2, 0.25) is 0 Å². The number of carboxylic acid groups (broad SMARTS) is 2. The number of carboxylic acids is 2. The number of carbonyl (C=O) groups is 2. The van der Waals surface area contributed by atoms with Gasteiger partial charge in [-0.1, -0.05) is 157 Å². The van der Waals surface area contributed by atoms with Gasteiger partial charge in [0, 0.05) is 10.8 Å². The molecule has 6 rings (SSSR count). The predicted octanol–water partition coefficient (Wildman–Crippen LogP) is 7.62. The molecule has 49 heavy (non-hydrogen) atoms. The molecule has 0 aromatic heterocycles. The molecule has 6 aromatic carbocycles. The topological polar surface area (TPSA) is 121 Å². The monoisotopic (exact) mass is 698 g/mol. The molecule has 0 atom stereocenters. The summed E-state index contributed by atoms with van der Waals surface area (Å²) in [5.41, 5.74) is 4.17. The van der Waals surface area contributed by atoms with Crippen LogP contribution in [0.4, 0.5) is 0 Å². The van der Waals surface area contributed by atoms with Crippen molar-refractivity contribution in [3.05, 3.63) is 202 Å². The number of benzene rings is 6. The SMILES string of the molecule is CC(c1ccccc1)(c1ccccc1)c1ccc([O-])c(C(=O)O)c1.CC(c1ccccc1)(c1ccccc1)c1ccc([O-])c(C(=O)O)c1.[Zn+2]. The molecule has 0 bridgehead atoms. The van der Waals surface area contributed by atoms with Crippen LogP contribution in [0, 0.1) is 0 Å². The third kappa shape index (κ3) is 7.48. The third-order valence-corrected chi connectivity index (χ3v) is 8.98. The van der Waals surface area contributed by atoms with Crippen LogP contribution in [0.3, 0.4) is 0 Å². The Hall–Kier alpha value is -5.52. The molecule has 240 valence electrons. The molecule has 0 saturated heterocycles. The van der Waals surface area contributed by atoms with Crippen molar-refractivity contribution in [3.8, 4) is 11.5 Å². The maximum Gasteiger partial charge on any atom is 2.00 e. The molecule has 0 aliphatic heterocycles. The summed E-state index contributed by atoms with van der Waals surface area (Å²) in [5, 5.41) is 42.3. The van der Waals surface area contributed by atoms with E-state index in [-0.39, 0.29) is 30.6 Å². The van der Waals surface area contributed by atoms with Crippen LogP contribution in [0.5, 0.6) is 11.5 Å². The summed E-state index contributed by atoms with van der Waals surface area (Å²) in [6, 6.07) is 48.6. The number of hydrogen-bond acceptors (Lipinski definition) is 4. The molecule has 2 N–H and O–H groups in total. The zero-order valence-corrected chi connectivity index (χ0v) is 30.2. The molecule has 6 nitrogen and oxygen atoms in total. The summed E-state index contributed by atoms with van der Waals surface area (Å²) in [7, 11) is 0. The van der Waals surface area contributed by atoms with E-state index in [1.54, 1.807) is 12.1 Å². The molecule has 0 saturated carbocycles. The molecule has 6 aromatic rings. The van der Waals surface area contributed by atoms with Gasteiger partial charge in [0.15, 0.2) is 0 Å². The summed E-state index contributed by atoms with van der Waals surface area (Å²) in [6.45, 7) is 4.09. The second-order valence-electron chi connectivity index (χ2n) is 11.7. The van der Waals surface area contributed by atoms with E-state index >= 15 is 0 Å². The molecular weight excluding hydrogens is 666 g/mol. The van der Waals surface area contributed by atoms with Crippen LogP contribution < -0.4 is 10.2 Å². The molecule has 0 heterocycles. The Morgan fingerprint density at radius 3 is 0.898 bits per heavy atom. The van der Waals surface area contributed by atoms with Gasteiger partial charge in [0.05, 0.1) is 11.1 Å². The van der Waals surface area contributed by atoms with Crippen LogP contribution >= 0.6 is 0 Å². The van der Waals surface area contributed by atoms with Crippen molar-refractivity contribution in [1.29, 1.82) is 0 Å². The Kier molecular flexibility index (Phi) is 11.6. The number of rotatable bonds is 8. The van der Waals surface area contributed by atoms with Crippen LogP contribution in [0.1, 0.15) is 67.9 Å². The second-order valence-corrected chi connectivity index (χ2v) is 11.7. The van der Waals surface area contributed by atoms with Crippen LogP contribution in [-0.4, -0.2) is 22.2 Å². The van der Waals surface area contributed by atoms with E-state index in [1.807, 2.05) is 135 Å². The molecule has 7 heteroatoms. The Balaban J connectivity index is 0.000000216. The summed E-state index contributed by atoms with van der Waals surface area (Å²) in [6.07, 6.45) is 0. The minimum Gasteiger partial charge on any atom is -0.872 e. The van der Waals surface area contributed by atoms with Gasteiger partial charge in [0.25, 0.3) is 0 Å². The average Bonchev–Trinajstić information content (AvgIpc) is 3.13. The number of hydrogen-bond donors (Lipinski definition) is 2. The third-order valence-electron chi connectivity index (χ3n) is 8.98. The van der Waals surface area contributed by atoms with Crippen LogP contribution in [0.25, 0.3) is 0 Å². The predicted molar refractivity (Wildman–Crippen MR) is 183 cm³/mol. The molecule has 0 radical (unpaired) electrons. The Morgan fingerprint density at radius 1 is 0.429 bits per heavy atom. The van der Waals surface area contributed by atoms with E-state index in [0.29, 0.717) is 0 Å².